The minimum atomic E-state index is -0.225. The zero-order valence-corrected chi connectivity index (χ0v) is 8.16. The summed E-state index contributed by atoms with van der Waals surface area (Å²) in [5.74, 6) is 1.13. The molecule has 0 bridgehead atoms. The highest BCUT2D eigenvalue weighted by molar-refractivity contribution is 5.22. The Labute approximate surface area is 83.1 Å². The summed E-state index contributed by atoms with van der Waals surface area (Å²) in [5.41, 5.74) is 0. The van der Waals surface area contributed by atoms with Crippen LogP contribution in [-0.4, -0.2) is 19.7 Å². The Morgan fingerprint density at radius 2 is 2.14 bits per heavy atom. The highest BCUT2D eigenvalue weighted by Crippen LogP contribution is 2.30. The second-order valence-electron chi connectivity index (χ2n) is 3.66. The van der Waals surface area contributed by atoms with Crippen LogP contribution in [0.15, 0.2) is 24.3 Å². The zero-order valence-electron chi connectivity index (χ0n) is 8.16. The van der Waals surface area contributed by atoms with Crippen LogP contribution in [0, 0.1) is 11.7 Å². The van der Waals surface area contributed by atoms with Crippen molar-refractivity contribution in [2.24, 2.45) is 5.92 Å². The Morgan fingerprint density at radius 3 is 2.71 bits per heavy atom. The molecule has 1 fully saturated rings. The molecule has 2 nitrogen and oxygen atoms in total. The van der Waals surface area contributed by atoms with Gasteiger partial charge >= 0.3 is 0 Å². The summed E-state index contributed by atoms with van der Waals surface area (Å²) >= 11 is 0. The molecule has 76 valence electrons. The molecule has 1 aromatic carbocycles. The van der Waals surface area contributed by atoms with Crippen LogP contribution in [0.2, 0.25) is 0 Å². The van der Waals surface area contributed by atoms with Gasteiger partial charge in [-0.3, -0.25) is 0 Å². The van der Waals surface area contributed by atoms with Gasteiger partial charge in [-0.1, -0.05) is 0 Å². The molecular weight excluding hydrogens is 181 g/mol. The minimum absolute atomic E-state index is 0.225. The van der Waals surface area contributed by atoms with Crippen molar-refractivity contribution in [3.63, 3.8) is 0 Å². The molecule has 3 heteroatoms. The number of hydrogen-bond donors (Lipinski definition) is 1. The first-order chi connectivity index (χ1) is 6.79. The lowest BCUT2D eigenvalue weighted by molar-refractivity contribution is 0.294. The van der Waals surface area contributed by atoms with Gasteiger partial charge in [-0.15, -0.1) is 0 Å². The van der Waals surface area contributed by atoms with Gasteiger partial charge in [-0.2, -0.15) is 0 Å². The predicted octanol–water partition coefficient (Wildman–Crippen LogP) is 1.81. The summed E-state index contributed by atoms with van der Waals surface area (Å²) in [6.07, 6.45) is 1.18. The zero-order chi connectivity index (χ0) is 9.97. The molecule has 0 amide bonds. The molecule has 1 saturated carbocycles. The van der Waals surface area contributed by atoms with Crippen LogP contribution in [0.25, 0.3) is 0 Å². The van der Waals surface area contributed by atoms with Crippen molar-refractivity contribution in [3.8, 4) is 5.75 Å². The lowest BCUT2D eigenvalue weighted by Crippen LogP contribution is -2.14. The molecule has 2 atom stereocenters. The molecule has 0 saturated heterocycles. The fraction of sp³-hybridized carbons (Fsp3) is 0.455. The largest absolute Gasteiger partial charge is 0.493 e. The van der Waals surface area contributed by atoms with E-state index >= 15 is 0 Å². The van der Waals surface area contributed by atoms with Crippen LogP contribution in [0.5, 0.6) is 5.75 Å². The number of hydrogen-bond acceptors (Lipinski definition) is 2. The second kappa shape index (κ2) is 3.96. The van der Waals surface area contributed by atoms with Gasteiger partial charge in [0.25, 0.3) is 0 Å². The lowest BCUT2D eigenvalue weighted by Gasteiger charge is -2.04. The summed E-state index contributed by atoms with van der Waals surface area (Å²) in [6.45, 7) is 0.719. The summed E-state index contributed by atoms with van der Waals surface area (Å²) in [7, 11) is 1.96. The van der Waals surface area contributed by atoms with E-state index in [0.717, 1.165) is 12.4 Å². The van der Waals surface area contributed by atoms with Gasteiger partial charge in [0.05, 0.1) is 6.61 Å². The maximum absolute atomic E-state index is 12.5. The maximum Gasteiger partial charge on any atom is 0.123 e. The van der Waals surface area contributed by atoms with E-state index in [-0.39, 0.29) is 5.82 Å². The molecule has 0 aromatic heterocycles. The van der Waals surface area contributed by atoms with Crippen molar-refractivity contribution in [3.05, 3.63) is 30.1 Å². The molecule has 2 rings (SSSR count). The first-order valence-electron chi connectivity index (χ1n) is 4.85. The highest BCUT2D eigenvalue weighted by Gasteiger charge is 2.36. The van der Waals surface area contributed by atoms with Gasteiger partial charge < -0.3 is 10.1 Å². The molecule has 1 aromatic rings. The third-order valence-corrected chi connectivity index (χ3v) is 2.57. The number of benzene rings is 1. The SMILES string of the molecule is CNC1CC1COc1ccc(F)cc1. The van der Waals surface area contributed by atoms with E-state index in [1.54, 1.807) is 12.1 Å². The van der Waals surface area contributed by atoms with E-state index in [1.807, 2.05) is 7.05 Å². The monoisotopic (exact) mass is 195 g/mol. The normalized spacial score (nSPS) is 24.7. The molecule has 1 aliphatic rings. The van der Waals surface area contributed by atoms with Crippen molar-refractivity contribution < 1.29 is 9.13 Å². The standard InChI is InChI=1S/C11H14FNO/c1-13-11-6-8(11)7-14-10-4-2-9(12)3-5-10/h2-5,8,11,13H,6-7H2,1H3. The summed E-state index contributed by atoms with van der Waals surface area (Å²) < 4.78 is 18.1. The highest BCUT2D eigenvalue weighted by atomic mass is 19.1. The molecule has 14 heavy (non-hydrogen) atoms. The van der Waals surface area contributed by atoms with Gasteiger partial charge in [0.2, 0.25) is 0 Å². The average molecular weight is 195 g/mol. The molecule has 1 N–H and O–H groups in total. The van der Waals surface area contributed by atoms with Crippen LogP contribution in [-0.2, 0) is 0 Å². The number of nitrogens with one attached hydrogen (secondary N) is 1. The Kier molecular flexibility index (Phi) is 2.68. The summed E-state index contributed by atoms with van der Waals surface area (Å²) in [6, 6.07) is 6.75. The minimum Gasteiger partial charge on any atom is -0.493 e. The number of rotatable bonds is 4. The van der Waals surface area contributed by atoms with E-state index < -0.39 is 0 Å². The van der Waals surface area contributed by atoms with Gasteiger partial charge in [0, 0.05) is 12.0 Å². The van der Waals surface area contributed by atoms with Gasteiger partial charge in [0.1, 0.15) is 11.6 Å². The first kappa shape index (κ1) is 9.46. The Hall–Kier alpha value is -1.09. The van der Waals surface area contributed by atoms with E-state index in [2.05, 4.69) is 5.32 Å². The Balaban J connectivity index is 1.78. The van der Waals surface area contributed by atoms with Crippen molar-refractivity contribution in [1.82, 2.24) is 5.32 Å². The van der Waals surface area contributed by atoms with Crippen LogP contribution < -0.4 is 10.1 Å². The van der Waals surface area contributed by atoms with Crippen molar-refractivity contribution >= 4 is 0 Å². The molecule has 0 heterocycles. The van der Waals surface area contributed by atoms with E-state index in [4.69, 9.17) is 4.74 Å². The Morgan fingerprint density at radius 1 is 1.43 bits per heavy atom. The molecular formula is C11H14FNO. The predicted molar refractivity (Wildman–Crippen MR) is 52.8 cm³/mol. The quantitative estimate of drug-likeness (QED) is 0.791. The van der Waals surface area contributed by atoms with Gasteiger partial charge in [-0.05, 0) is 37.7 Å². The molecule has 1 aliphatic carbocycles. The first-order valence-corrected chi connectivity index (χ1v) is 4.85. The Bertz CT molecular complexity index is 299. The topological polar surface area (TPSA) is 21.3 Å². The fourth-order valence-electron chi connectivity index (χ4n) is 1.52. The van der Waals surface area contributed by atoms with E-state index in [0.29, 0.717) is 12.0 Å². The van der Waals surface area contributed by atoms with Gasteiger partial charge in [0.15, 0.2) is 0 Å². The molecule has 2 unspecified atom stereocenters. The molecule has 0 spiro atoms. The summed E-state index contributed by atoms with van der Waals surface area (Å²) in [4.78, 5) is 0. The van der Waals surface area contributed by atoms with Crippen molar-refractivity contribution in [1.29, 1.82) is 0 Å². The van der Waals surface area contributed by atoms with Crippen LogP contribution >= 0.6 is 0 Å². The van der Waals surface area contributed by atoms with Gasteiger partial charge in [-0.25, -0.2) is 4.39 Å². The van der Waals surface area contributed by atoms with Crippen molar-refractivity contribution in [2.75, 3.05) is 13.7 Å². The third-order valence-electron chi connectivity index (χ3n) is 2.57. The smallest absolute Gasteiger partial charge is 0.123 e. The lowest BCUT2D eigenvalue weighted by atomic mass is 10.3. The fourth-order valence-corrected chi connectivity index (χ4v) is 1.52. The maximum atomic E-state index is 12.5. The van der Waals surface area contributed by atoms with Crippen molar-refractivity contribution in [2.45, 2.75) is 12.5 Å². The van der Waals surface area contributed by atoms with Crippen LogP contribution in [0.3, 0.4) is 0 Å². The third kappa shape index (κ3) is 2.23. The van der Waals surface area contributed by atoms with Crippen LogP contribution in [0.1, 0.15) is 6.42 Å². The average Bonchev–Trinajstić information content (AvgIpc) is 2.96. The van der Waals surface area contributed by atoms with E-state index in [1.165, 1.54) is 18.6 Å². The molecule has 0 radical (unpaired) electrons. The summed E-state index contributed by atoms with van der Waals surface area (Å²) in [5, 5.41) is 3.19. The molecule has 0 aliphatic heterocycles. The number of halogens is 1. The second-order valence-corrected chi connectivity index (χ2v) is 3.66. The number of ether oxygens (including phenoxy) is 1. The van der Waals surface area contributed by atoms with Crippen LogP contribution in [0.4, 0.5) is 4.39 Å². The van der Waals surface area contributed by atoms with E-state index in [9.17, 15) is 4.39 Å².